The fourth-order valence-electron chi connectivity index (χ4n) is 2.74. The third-order valence-electron chi connectivity index (χ3n) is 3.86. The van der Waals surface area contributed by atoms with Crippen molar-refractivity contribution in [1.29, 1.82) is 0 Å². The van der Waals surface area contributed by atoms with Crippen LogP contribution in [-0.4, -0.2) is 45.1 Å². The molecule has 1 aromatic heterocycles. The van der Waals surface area contributed by atoms with Gasteiger partial charge in [-0.05, 0) is 36.6 Å². The minimum Gasteiger partial charge on any atom is -0.382 e. The molecular weight excluding hydrogens is 311 g/mol. The molecule has 1 atom stereocenters. The second kappa shape index (κ2) is 5.93. The van der Waals surface area contributed by atoms with Crippen LogP contribution in [0, 0.1) is 0 Å². The van der Waals surface area contributed by atoms with Crippen molar-refractivity contribution >= 4 is 23.2 Å². The molecule has 1 fully saturated rings. The van der Waals surface area contributed by atoms with Gasteiger partial charge in [-0.25, -0.2) is 0 Å². The van der Waals surface area contributed by atoms with E-state index in [1.165, 1.54) is 0 Å². The summed E-state index contributed by atoms with van der Waals surface area (Å²) in [6.45, 7) is 2.24. The minimum atomic E-state index is -0.904. The molecule has 0 saturated carbocycles. The van der Waals surface area contributed by atoms with Gasteiger partial charge in [-0.3, -0.25) is 4.90 Å². The maximum Gasteiger partial charge on any atom is 0.124 e. The lowest BCUT2D eigenvalue weighted by Gasteiger charge is -2.21. The van der Waals surface area contributed by atoms with Gasteiger partial charge in [0.05, 0.1) is 6.20 Å². The van der Waals surface area contributed by atoms with E-state index in [1.54, 1.807) is 12.3 Å². The highest BCUT2D eigenvalue weighted by molar-refractivity contribution is 6.34. The Labute approximate surface area is 132 Å². The van der Waals surface area contributed by atoms with Gasteiger partial charge in [0.2, 0.25) is 0 Å². The van der Waals surface area contributed by atoms with E-state index in [-0.39, 0.29) is 0 Å². The predicted octanol–water partition coefficient (Wildman–Crippen LogP) is 2.25. The van der Waals surface area contributed by atoms with E-state index in [0.717, 1.165) is 25.1 Å². The van der Waals surface area contributed by atoms with Crippen LogP contribution in [0.25, 0.3) is 0 Å². The van der Waals surface area contributed by atoms with E-state index >= 15 is 0 Å². The minimum absolute atomic E-state index is 0.563. The number of β-amino-alcohol motifs (C(OH)–C–C–N with tert-alkyl or cyclic N) is 1. The fraction of sp³-hybridized carbons (Fsp3) is 0.429. The van der Waals surface area contributed by atoms with Crippen molar-refractivity contribution in [3.05, 3.63) is 45.7 Å². The smallest absolute Gasteiger partial charge is 0.124 e. The monoisotopic (exact) mass is 326 g/mol. The summed E-state index contributed by atoms with van der Waals surface area (Å²) in [6, 6.07) is 5.58. The molecule has 2 heterocycles. The summed E-state index contributed by atoms with van der Waals surface area (Å²) in [5.41, 5.74) is 0.805. The van der Waals surface area contributed by atoms with Gasteiger partial charge in [0.1, 0.15) is 11.3 Å². The summed E-state index contributed by atoms with van der Waals surface area (Å²) in [5, 5.41) is 22.2. The lowest BCUT2D eigenvalue weighted by molar-refractivity contribution is 0.0418. The Bertz CT molecular complexity index is 599. The Hall–Kier alpha value is -1.14. The number of rotatable bonds is 4. The number of nitrogens with one attached hydrogen (secondary N) is 1. The van der Waals surface area contributed by atoms with Crippen LogP contribution in [0.4, 0.5) is 0 Å². The molecule has 1 aliphatic heterocycles. The molecule has 7 heteroatoms. The largest absolute Gasteiger partial charge is 0.382 e. The first-order valence-electron chi connectivity index (χ1n) is 6.81. The molecule has 3 rings (SSSR count). The Morgan fingerprint density at radius 1 is 1.29 bits per heavy atom. The van der Waals surface area contributed by atoms with Gasteiger partial charge >= 0.3 is 0 Å². The Morgan fingerprint density at radius 2 is 2.05 bits per heavy atom. The van der Waals surface area contributed by atoms with Gasteiger partial charge in [0, 0.05) is 29.7 Å². The molecule has 5 nitrogen and oxygen atoms in total. The maximum absolute atomic E-state index is 10.6. The number of hydrogen-bond donors (Lipinski definition) is 2. The third-order valence-corrected chi connectivity index (χ3v) is 4.29. The zero-order valence-electron chi connectivity index (χ0n) is 11.4. The van der Waals surface area contributed by atoms with Crippen LogP contribution in [0.1, 0.15) is 17.7 Å². The van der Waals surface area contributed by atoms with Crippen molar-refractivity contribution in [2.75, 3.05) is 19.6 Å². The first-order chi connectivity index (χ1) is 10.0. The number of aliphatic hydroxyl groups is 1. The number of benzene rings is 1. The van der Waals surface area contributed by atoms with Crippen LogP contribution >= 0.6 is 23.2 Å². The quantitative estimate of drug-likeness (QED) is 0.904. The molecule has 2 N–H and O–H groups in total. The molecule has 1 aromatic carbocycles. The topological polar surface area (TPSA) is 65.0 Å². The molecule has 1 unspecified atom stereocenters. The lowest BCUT2D eigenvalue weighted by atomic mass is 10.00. The molecular formula is C14H16Cl2N4O. The van der Waals surface area contributed by atoms with Gasteiger partial charge < -0.3 is 5.11 Å². The van der Waals surface area contributed by atoms with Crippen molar-refractivity contribution < 1.29 is 5.11 Å². The molecule has 0 bridgehead atoms. The Balaban J connectivity index is 1.60. The predicted molar refractivity (Wildman–Crippen MR) is 81.5 cm³/mol. The number of halogens is 2. The third kappa shape index (κ3) is 3.37. The molecule has 112 valence electrons. The first-order valence-corrected chi connectivity index (χ1v) is 7.57. The second-order valence-corrected chi connectivity index (χ2v) is 6.31. The van der Waals surface area contributed by atoms with Crippen molar-refractivity contribution in [2.45, 2.75) is 18.4 Å². The zero-order chi connectivity index (χ0) is 14.9. The Morgan fingerprint density at radius 3 is 2.71 bits per heavy atom. The molecule has 2 aromatic rings. The number of nitrogens with zero attached hydrogens (tertiary/aromatic N) is 3. The number of H-pyrrole nitrogens is 1. The van der Waals surface area contributed by atoms with Crippen LogP contribution < -0.4 is 0 Å². The molecule has 1 saturated heterocycles. The van der Waals surface area contributed by atoms with Gasteiger partial charge in [-0.2, -0.15) is 15.4 Å². The number of aromatic nitrogens is 3. The highest BCUT2D eigenvalue weighted by Crippen LogP contribution is 2.30. The van der Waals surface area contributed by atoms with E-state index in [4.69, 9.17) is 23.2 Å². The summed E-state index contributed by atoms with van der Waals surface area (Å²) < 4.78 is 0. The second-order valence-electron chi connectivity index (χ2n) is 5.44. The molecule has 1 aliphatic rings. The molecule has 0 amide bonds. The summed E-state index contributed by atoms with van der Waals surface area (Å²) in [5.74, 6) is 0. The lowest BCUT2D eigenvalue weighted by Crippen LogP contribution is -2.32. The van der Waals surface area contributed by atoms with Crippen LogP contribution in [0.15, 0.2) is 24.4 Å². The molecule has 21 heavy (non-hydrogen) atoms. The highest BCUT2D eigenvalue weighted by atomic mass is 35.5. The zero-order valence-corrected chi connectivity index (χ0v) is 12.9. The SMILES string of the molecule is OC1(c2cn[nH]n2)CCN(CCc2cc(Cl)cc(Cl)c2)C1. The Kier molecular flexibility index (Phi) is 4.17. The van der Waals surface area contributed by atoms with Crippen molar-refractivity contribution in [1.82, 2.24) is 20.3 Å². The van der Waals surface area contributed by atoms with Crippen LogP contribution in [-0.2, 0) is 12.0 Å². The number of likely N-dealkylation sites (tertiary alicyclic amines) is 1. The maximum atomic E-state index is 10.6. The fourth-order valence-corrected chi connectivity index (χ4v) is 3.31. The molecule has 0 aliphatic carbocycles. The normalized spacial score (nSPS) is 22.8. The van der Waals surface area contributed by atoms with Crippen LogP contribution in [0.2, 0.25) is 10.0 Å². The summed E-state index contributed by atoms with van der Waals surface area (Å²) in [6.07, 6.45) is 3.09. The van der Waals surface area contributed by atoms with E-state index in [2.05, 4.69) is 20.3 Å². The average Bonchev–Trinajstić information content (AvgIpc) is 3.05. The van der Waals surface area contributed by atoms with E-state index in [0.29, 0.717) is 28.7 Å². The van der Waals surface area contributed by atoms with Gasteiger partial charge in [0.15, 0.2) is 0 Å². The van der Waals surface area contributed by atoms with E-state index < -0.39 is 5.60 Å². The van der Waals surface area contributed by atoms with Crippen molar-refractivity contribution in [3.8, 4) is 0 Å². The van der Waals surface area contributed by atoms with Gasteiger partial charge in [-0.1, -0.05) is 23.2 Å². The molecule has 0 radical (unpaired) electrons. The standard InChI is InChI=1S/C14H16Cl2N4O/c15-11-5-10(6-12(16)7-11)1-3-20-4-2-14(21,9-20)13-8-17-19-18-13/h5-8,21H,1-4,9H2,(H,17,18,19). The molecule has 0 spiro atoms. The van der Waals surface area contributed by atoms with E-state index in [1.807, 2.05) is 12.1 Å². The summed E-state index contributed by atoms with van der Waals surface area (Å²) in [7, 11) is 0. The average molecular weight is 327 g/mol. The van der Waals surface area contributed by atoms with Crippen molar-refractivity contribution in [2.24, 2.45) is 0 Å². The van der Waals surface area contributed by atoms with Crippen LogP contribution in [0.5, 0.6) is 0 Å². The highest BCUT2D eigenvalue weighted by Gasteiger charge is 2.39. The van der Waals surface area contributed by atoms with Crippen molar-refractivity contribution in [3.63, 3.8) is 0 Å². The van der Waals surface area contributed by atoms with E-state index in [9.17, 15) is 5.11 Å². The summed E-state index contributed by atoms with van der Waals surface area (Å²) >= 11 is 12.0. The number of hydrogen-bond acceptors (Lipinski definition) is 4. The first kappa shape index (κ1) is 14.8. The van der Waals surface area contributed by atoms with Gasteiger partial charge in [-0.15, -0.1) is 0 Å². The van der Waals surface area contributed by atoms with Gasteiger partial charge in [0.25, 0.3) is 0 Å². The number of aromatic amines is 1. The summed E-state index contributed by atoms with van der Waals surface area (Å²) in [4.78, 5) is 2.21. The van der Waals surface area contributed by atoms with Crippen LogP contribution in [0.3, 0.4) is 0 Å².